The molecule has 0 bridgehead atoms. The molecule has 18 heavy (non-hydrogen) atoms. The maximum Gasteiger partial charge on any atom is 0.0754 e. The summed E-state index contributed by atoms with van der Waals surface area (Å²) >= 11 is 1.79. The summed E-state index contributed by atoms with van der Waals surface area (Å²) in [5.41, 5.74) is 0. The van der Waals surface area contributed by atoms with Gasteiger partial charge in [-0.1, -0.05) is 13.8 Å². The van der Waals surface area contributed by atoms with E-state index < -0.39 is 10.8 Å². The van der Waals surface area contributed by atoms with Crippen molar-refractivity contribution in [2.24, 2.45) is 11.8 Å². The average Bonchev–Trinajstić information content (AvgIpc) is 2.85. The smallest absolute Gasteiger partial charge is 0.0754 e. The van der Waals surface area contributed by atoms with Crippen LogP contribution in [0.3, 0.4) is 0 Å². The number of hydrogen-bond acceptors (Lipinski definition) is 5. The van der Waals surface area contributed by atoms with Gasteiger partial charge in [0.15, 0.2) is 0 Å². The van der Waals surface area contributed by atoms with Crippen LogP contribution in [0.2, 0.25) is 0 Å². The van der Waals surface area contributed by atoms with Gasteiger partial charge in [0, 0.05) is 36.9 Å². The van der Waals surface area contributed by atoms with E-state index in [9.17, 15) is 4.21 Å². The molecule has 0 N–H and O–H groups in total. The zero-order valence-electron chi connectivity index (χ0n) is 10.2. The van der Waals surface area contributed by atoms with E-state index >= 15 is 0 Å². The Balaban J connectivity index is 2.11. The SMILES string of the molecule is CCC1C2=C(SSS2)C(CC)C2=C1SC=CS2=O. The van der Waals surface area contributed by atoms with E-state index in [1.54, 1.807) is 11.8 Å². The molecule has 0 saturated heterocycles. The predicted octanol–water partition coefficient (Wildman–Crippen LogP) is 5.49. The van der Waals surface area contributed by atoms with Crippen LogP contribution in [-0.4, -0.2) is 4.21 Å². The van der Waals surface area contributed by atoms with Gasteiger partial charge < -0.3 is 0 Å². The van der Waals surface area contributed by atoms with E-state index in [2.05, 4.69) is 13.8 Å². The Bertz CT molecular complexity index is 491. The van der Waals surface area contributed by atoms with Gasteiger partial charge in [-0.3, -0.25) is 0 Å². The summed E-state index contributed by atoms with van der Waals surface area (Å²) in [6.45, 7) is 4.45. The molecular weight excluding hydrogens is 320 g/mol. The molecule has 1 aliphatic carbocycles. The predicted molar refractivity (Wildman–Crippen MR) is 89.3 cm³/mol. The highest BCUT2D eigenvalue weighted by molar-refractivity contribution is 9.12. The first-order chi connectivity index (χ1) is 8.77. The van der Waals surface area contributed by atoms with Crippen LogP contribution in [0.25, 0.3) is 0 Å². The summed E-state index contributed by atoms with van der Waals surface area (Å²) in [4.78, 5) is 5.60. The highest BCUT2D eigenvalue weighted by Gasteiger charge is 2.41. The molecule has 0 aromatic heterocycles. The zero-order chi connectivity index (χ0) is 12.7. The number of allylic oxidation sites excluding steroid dienone is 4. The van der Waals surface area contributed by atoms with E-state index in [1.807, 2.05) is 42.2 Å². The minimum Gasteiger partial charge on any atom is -0.250 e. The molecule has 1 nitrogen and oxygen atoms in total. The van der Waals surface area contributed by atoms with Gasteiger partial charge in [0.2, 0.25) is 0 Å². The van der Waals surface area contributed by atoms with Gasteiger partial charge in [-0.25, -0.2) is 4.21 Å². The van der Waals surface area contributed by atoms with E-state index in [4.69, 9.17) is 0 Å². The molecule has 0 aromatic carbocycles. The van der Waals surface area contributed by atoms with Gasteiger partial charge >= 0.3 is 0 Å². The van der Waals surface area contributed by atoms with Crippen molar-refractivity contribution in [2.75, 3.05) is 0 Å². The quantitative estimate of drug-likeness (QED) is 0.620. The first kappa shape index (κ1) is 13.7. The van der Waals surface area contributed by atoms with Crippen molar-refractivity contribution in [3.05, 3.63) is 30.4 Å². The molecule has 3 unspecified atom stereocenters. The Labute approximate surface area is 126 Å². The van der Waals surface area contributed by atoms with Crippen LogP contribution in [-0.2, 0) is 10.8 Å². The van der Waals surface area contributed by atoms with E-state index in [0.29, 0.717) is 11.8 Å². The maximum absolute atomic E-state index is 12.4. The third-order valence-corrected chi connectivity index (χ3v) is 10.4. The third-order valence-electron chi connectivity index (χ3n) is 3.41. The Morgan fingerprint density at radius 2 is 1.78 bits per heavy atom. The van der Waals surface area contributed by atoms with Crippen molar-refractivity contribution in [1.29, 1.82) is 0 Å². The van der Waals surface area contributed by atoms with Gasteiger partial charge in [-0.15, -0.1) is 11.8 Å². The monoisotopic (exact) mass is 334 g/mol. The van der Waals surface area contributed by atoms with Crippen molar-refractivity contribution in [1.82, 2.24) is 0 Å². The average molecular weight is 335 g/mol. The second kappa shape index (κ2) is 5.64. The van der Waals surface area contributed by atoms with Crippen molar-refractivity contribution < 1.29 is 4.21 Å². The van der Waals surface area contributed by atoms with Crippen molar-refractivity contribution in [2.45, 2.75) is 26.7 Å². The van der Waals surface area contributed by atoms with Gasteiger partial charge in [0.25, 0.3) is 0 Å². The summed E-state index contributed by atoms with van der Waals surface area (Å²) in [7, 11) is 4.78. The minimum absolute atomic E-state index is 0.392. The summed E-state index contributed by atoms with van der Waals surface area (Å²) in [6, 6.07) is 0. The van der Waals surface area contributed by atoms with Crippen LogP contribution in [0.1, 0.15) is 26.7 Å². The van der Waals surface area contributed by atoms with Crippen LogP contribution >= 0.6 is 43.2 Å². The molecular formula is C12H14OS5. The van der Waals surface area contributed by atoms with Crippen LogP contribution in [0.15, 0.2) is 30.4 Å². The Morgan fingerprint density at radius 1 is 1.11 bits per heavy atom. The molecule has 2 aliphatic heterocycles. The lowest BCUT2D eigenvalue weighted by molar-refractivity contribution is 0.647. The Morgan fingerprint density at radius 3 is 2.44 bits per heavy atom. The number of thioether (sulfide) groups is 1. The third kappa shape index (κ3) is 2.08. The normalized spacial score (nSPS) is 34.9. The Hall–Kier alpha value is 0.770. The van der Waals surface area contributed by atoms with Gasteiger partial charge in [-0.05, 0) is 49.7 Å². The van der Waals surface area contributed by atoms with Gasteiger partial charge in [-0.2, -0.15) is 0 Å². The lowest BCUT2D eigenvalue weighted by atomic mass is 9.91. The first-order valence-electron chi connectivity index (χ1n) is 6.01. The molecule has 3 atom stereocenters. The molecule has 3 aliphatic rings. The maximum atomic E-state index is 12.4. The molecule has 0 amide bonds. The molecule has 3 rings (SSSR count). The van der Waals surface area contributed by atoms with Gasteiger partial charge in [0.05, 0.1) is 10.8 Å². The lowest BCUT2D eigenvalue weighted by Crippen LogP contribution is -2.21. The second-order valence-electron chi connectivity index (χ2n) is 4.30. The van der Waals surface area contributed by atoms with E-state index in [0.717, 1.165) is 12.8 Å². The summed E-state index contributed by atoms with van der Waals surface area (Å²) in [6.07, 6.45) is 2.17. The summed E-state index contributed by atoms with van der Waals surface area (Å²) in [5.74, 6) is 0.882. The van der Waals surface area contributed by atoms with Crippen LogP contribution in [0.5, 0.6) is 0 Å². The fourth-order valence-corrected chi connectivity index (χ4v) is 11.0. The van der Waals surface area contributed by atoms with Crippen molar-refractivity contribution >= 4 is 54.0 Å². The fraction of sp³-hybridized carbons (Fsp3) is 0.500. The summed E-state index contributed by atoms with van der Waals surface area (Å²) < 4.78 is 12.4. The standard InChI is InChI=1S/C12H14OS5/c1-3-7-9-10(16-17-15-9)8(4-2)12-11(7)14-5-6-18(12)13/h5-8H,3-4H2,1-2H3. The molecule has 0 aromatic rings. The van der Waals surface area contributed by atoms with Gasteiger partial charge in [0.1, 0.15) is 0 Å². The minimum atomic E-state index is -0.906. The first-order valence-corrected chi connectivity index (χ1v) is 11.6. The molecule has 2 heterocycles. The largest absolute Gasteiger partial charge is 0.250 e. The lowest BCUT2D eigenvalue weighted by Gasteiger charge is -2.33. The fourth-order valence-electron chi connectivity index (χ4n) is 2.56. The zero-order valence-corrected chi connectivity index (χ0v) is 14.3. The Kier molecular flexibility index (Phi) is 4.30. The van der Waals surface area contributed by atoms with Crippen molar-refractivity contribution in [3.63, 3.8) is 0 Å². The molecule has 6 heteroatoms. The van der Waals surface area contributed by atoms with Crippen LogP contribution < -0.4 is 0 Å². The topological polar surface area (TPSA) is 17.1 Å². The number of rotatable bonds is 2. The van der Waals surface area contributed by atoms with Crippen molar-refractivity contribution in [3.8, 4) is 0 Å². The van der Waals surface area contributed by atoms with Crippen LogP contribution in [0, 0.1) is 11.8 Å². The highest BCUT2D eigenvalue weighted by atomic mass is 33.5. The molecule has 0 radical (unpaired) electrons. The highest BCUT2D eigenvalue weighted by Crippen LogP contribution is 2.65. The molecule has 0 saturated carbocycles. The number of hydrogen-bond donors (Lipinski definition) is 0. The van der Waals surface area contributed by atoms with E-state index in [-0.39, 0.29) is 0 Å². The molecule has 0 fully saturated rings. The second-order valence-corrected chi connectivity index (χ2v) is 10.5. The molecule has 98 valence electrons. The van der Waals surface area contributed by atoms with Crippen LogP contribution in [0.4, 0.5) is 0 Å². The summed E-state index contributed by atoms with van der Waals surface area (Å²) in [5, 5.41) is 3.86. The molecule has 0 spiro atoms. The van der Waals surface area contributed by atoms with E-state index in [1.165, 1.54) is 19.6 Å².